The van der Waals surface area contributed by atoms with E-state index in [2.05, 4.69) is 25.1 Å². The number of aromatic nitrogens is 5. The molecule has 0 amide bonds. The molecule has 2 N–H and O–H groups in total. The Kier molecular flexibility index (Phi) is 3.50. The quantitative estimate of drug-likeness (QED) is 0.756. The van der Waals surface area contributed by atoms with Gasteiger partial charge in [0, 0.05) is 18.6 Å². The lowest BCUT2D eigenvalue weighted by Crippen LogP contribution is -2.23. The number of hydrogen-bond donors (Lipinski definition) is 2. The van der Waals surface area contributed by atoms with Crippen molar-refractivity contribution in [1.29, 1.82) is 0 Å². The van der Waals surface area contributed by atoms with Crippen molar-refractivity contribution >= 4 is 11.6 Å². The molecular weight excluding hydrogens is 330 g/mol. The first-order valence-corrected chi connectivity index (χ1v) is 7.76. The van der Waals surface area contributed by atoms with Gasteiger partial charge in [0.25, 0.3) is 5.56 Å². The molecular formula is C16H12ClN5O2. The molecule has 1 aliphatic carbocycles. The summed E-state index contributed by atoms with van der Waals surface area (Å²) in [7, 11) is 0. The van der Waals surface area contributed by atoms with Crippen LogP contribution in [0, 0.1) is 0 Å². The van der Waals surface area contributed by atoms with Gasteiger partial charge in [-0.25, -0.2) is 4.79 Å². The fourth-order valence-corrected chi connectivity index (χ4v) is 3.13. The molecule has 0 aromatic carbocycles. The number of nitrogens with one attached hydrogen (secondary N) is 2. The second-order valence-electron chi connectivity index (χ2n) is 5.69. The Morgan fingerprint density at radius 3 is 2.67 bits per heavy atom. The maximum absolute atomic E-state index is 11.9. The second-order valence-corrected chi connectivity index (χ2v) is 6.05. The van der Waals surface area contributed by atoms with Gasteiger partial charge in [-0.05, 0) is 47.6 Å². The SMILES string of the molecule is O=c1[nH]cc(-c2cc([C@H]3C[C@@H]3c3ccncc3)c(Cl)nn2)c(=O)[nH]1. The highest BCUT2D eigenvalue weighted by Crippen LogP contribution is 2.55. The molecule has 4 rings (SSSR count). The molecule has 0 saturated heterocycles. The Morgan fingerprint density at radius 1 is 1.12 bits per heavy atom. The lowest BCUT2D eigenvalue weighted by atomic mass is 10.1. The molecule has 1 saturated carbocycles. The van der Waals surface area contributed by atoms with Crippen molar-refractivity contribution < 1.29 is 0 Å². The zero-order valence-electron chi connectivity index (χ0n) is 12.4. The van der Waals surface area contributed by atoms with Gasteiger partial charge in [-0.3, -0.25) is 14.8 Å². The minimum Gasteiger partial charge on any atom is -0.313 e. The van der Waals surface area contributed by atoms with E-state index in [4.69, 9.17) is 11.6 Å². The number of rotatable bonds is 3. The summed E-state index contributed by atoms with van der Waals surface area (Å²) in [4.78, 5) is 31.7. The first-order chi connectivity index (χ1) is 11.6. The van der Waals surface area contributed by atoms with Gasteiger partial charge >= 0.3 is 5.69 Å². The van der Waals surface area contributed by atoms with Gasteiger partial charge < -0.3 is 4.98 Å². The van der Waals surface area contributed by atoms with E-state index in [1.165, 1.54) is 11.8 Å². The van der Waals surface area contributed by atoms with Crippen LogP contribution in [0.4, 0.5) is 0 Å². The first kappa shape index (κ1) is 14.8. The van der Waals surface area contributed by atoms with Crippen molar-refractivity contribution in [2.75, 3.05) is 0 Å². The van der Waals surface area contributed by atoms with E-state index in [1.807, 2.05) is 12.1 Å². The van der Waals surface area contributed by atoms with Crippen molar-refractivity contribution in [3.05, 3.63) is 73.9 Å². The van der Waals surface area contributed by atoms with Crippen LogP contribution in [0.3, 0.4) is 0 Å². The monoisotopic (exact) mass is 341 g/mol. The third kappa shape index (κ3) is 2.63. The summed E-state index contributed by atoms with van der Waals surface area (Å²) in [5, 5.41) is 8.27. The maximum atomic E-state index is 11.9. The fraction of sp³-hybridized carbons (Fsp3) is 0.188. The predicted octanol–water partition coefficient (Wildman–Crippen LogP) is 1.84. The predicted molar refractivity (Wildman–Crippen MR) is 88.1 cm³/mol. The van der Waals surface area contributed by atoms with E-state index in [0.717, 1.165) is 12.0 Å². The molecule has 0 spiro atoms. The number of H-pyrrole nitrogens is 2. The van der Waals surface area contributed by atoms with E-state index in [1.54, 1.807) is 18.5 Å². The summed E-state index contributed by atoms with van der Waals surface area (Å²) in [5.74, 6) is 0.590. The zero-order valence-corrected chi connectivity index (χ0v) is 13.1. The lowest BCUT2D eigenvalue weighted by molar-refractivity contribution is 0.950. The van der Waals surface area contributed by atoms with Crippen molar-refractivity contribution in [3.63, 3.8) is 0 Å². The smallest absolute Gasteiger partial charge is 0.313 e. The average Bonchev–Trinajstić information content (AvgIpc) is 3.37. The summed E-state index contributed by atoms with van der Waals surface area (Å²) in [6.45, 7) is 0. The molecule has 3 heterocycles. The number of halogens is 1. The molecule has 0 bridgehead atoms. The van der Waals surface area contributed by atoms with Gasteiger partial charge in [0.05, 0.1) is 5.56 Å². The standard InChI is InChI=1S/C16H12ClN5O2/c17-14-11(10-5-9(10)8-1-3-18-4-2-8)6-13(21-22-14)12-7-19-16(24)20-15(12)23/h1-4,6-7,9-10H,5H2,(H2,19,20,23,24)/t9-,10+/m1/s1. The Balaban J connectivity index is 1.71. The molecule has 120 valence electrons. The normalized spacial score (nSPS) is 19.2. The van der Waals surface area contributed by atoms with Crippen molar-refractivity contribution in [1.82, 2.24) is 25.1 Å². The van der Waals surface area contributed by atoms with Gasteiger partial charge in [0.15, 0.2) is 5.15 Å². The first-order valence-electron chi connectivity index (χ1n) is 7.39. The van der Waals surface area contributed by atoms with Crippen LogP contribution in [0.15, 0.2) is 46.4 Å². The molecule has 0 radical (unpaired) electrons. The fourth-order valence-electron chi connectivity index (χ4n) is 2.90. The van der Waals surface area contributed by atoms with Gasteiger partial charge in [-0.2, -0.15) is 0 Å². The molecule has 0 aliphatic heterocycles. The Morgan fingerprint density at radius 2 is 1.92 bits per heavy atom. The van der Waals surface area contributed by atoms with Crippen LogP contribution >= 0.6 is 11.6 Å². The highest BCUT2D eigenvalue weighted by atomic mass is 35.5. The van der Waals surface area contributed by atoms with Gasteiger partial charge in [-0.1, -0.05) is 11.6 Å². The highest BCUT2D eigenvalue weighted by molar-refractivity contribution is 6.30. The average molecular weight is 342 g/mol. The van der Waals surface area contributed by atoms with Crippen molar-refractivity contribution in [3.8, 4) is 11.3 Å². The summed E-state index contributed by atoms with van der Waals surface area (Å²) < 4.78 is 0. The molecule has 0 unspecified atom stereocenters. The Bertz CT molecular complexity index is 1010. The zero-order chi connectivity index (χ0) is 16.7. The highest BCUT2D eigenvalue weighted by Gasteiger charge is 2.41. The van der Waals surface area contributed by atoms with Crippen LogP contribution in [-0.4, -0.2) is 25.1 Å². The summed E-state index contributed by atoms with van der Waals surface area (Å²) >= 11 is 6.21. The van der Waals surface area contributed by atoms with Crippen LogP contribution in [0.2, 0.25) is 5.15 Å². The van der Waals surface area contributed by atoms with Gasteiger partial charge in [0.1, 0.15) is 5.69 Å². The molecule has 3 aromatic heterocycles. The summed E-state index contributed by atoms with van der Waals surface area (Å²) in [6.07, 6.45) is 5.82. The van der Waals surface area contributed by atoms with Gasteiger partial charge in [0.2, 0.25) is 0 Å². The van der Waals surface area contributed by atoms with Gasteiger partial charge in [-0.15, -0.1) is 10.2 Å². The summed E-state index contributed by atoms with van der Waals surface area (Å²) in [6, 6.07) is 5.74. The van der Waals surface area contributed by atoms with Crippen molar-refractivity contribution in [2.45, 2.75) is 18.3 Å². The molecule has 2 atom stereocenters. The lowest BCUT2D eigenvalue weighted by Gasteiger charge is -2.05. The molecule has 1 aliphatic rings. The van der Waals surface area contributed by atoms with E-state index >= 15 is 0 Å². The second kappa shape index (κ2) is 5.68. The number of hydrogen-bond acceptors (Lipinski definition) is 5. The molecule has 7 nitrogen and oxygen atoms in total. The number of pyridine rings is 1. The molecule has 3 aromatic rings. The van der Waals surface area contributed by atoms with Crippen LogP contribution in [-0.2, 0) is 0 Å². The molecule has 8 heteroatoms. The van der Waals surface area contributed by atoms with Crippen LogP contribution < -0.4 is 11.2 Å². The maximum Gasteiger partial charge on any atom is 0.325 e. The van der Waals surface area contributed by atoms with E-state index in [-0.39, 0.29) is 11.5 Å². The minimum atomic E-state index is -0.564. The molecule has 1 fully saturated rings. The Hall–Kier alpha value is -2.80. The third-order valence-corrected chi connectivity index (χ3v) is 4.49. The van der Waals surface area contributed by atoms with Crippen LogP contribution in [0.25, 0.3) is 11.3 Å². The topological polar surface area (TPSA) is 104 Å². The van der Waals surface area contributed by atoms with E-state index in [0.29, 0.717) is 16.8 Å². The Labute approximate surface area is 140 Å². The summed E-state index contributed by atoms with van der Waals surface area (Å²) in [5.41, 5.74) is 1.61. The van der Waals surface area contributed by atoms with E-state index in [9.17, 15) is 9.59 Å². The van der Waals surface area contributed by atoms with Crippen LogP contribution in [0.5, 0.6) is 0 Å². The molecule has 24 heavy (non-hydrogen) atoms. The van der Waals surface area contributed by atoms with Crippen molar-refractivity contribution in [2.24, 2.45) is 0 Å². The number of nitrogens with zero attached hydrogens (tertiary/aromatic N) is 3. The minimum absolute atomic E-state index is 0.232. The van der Waals surface area contributed by atoms with Crippen LogP contribution in [0.1, 0.15) is 29.4 Å². The third-order valence-electron chi connectivity index (χ3n) is 4.20. The van der Waals surface area contributed by atoms with E-state index < -0.39 is 11.2 Å². The largest absolute Gasteiger partial charge is 0.325 e. The number of aromatic amines is 2.